The van der Waals surface area contributed by atoms with Gasteiger partial charge in [-0.25, -0.2) is 14.8 Å². The van der Waals surface area contributed by atoms with E-state index < -0.39 is 70.9 Å². The molecule has 19 heteroatoms. The number of alkyl halides is 6. The number of nitrogens with zero attached hydrogens (tertiary/aromatic N) is 2. The number of aliphatic hydroxyl groups excluding tert-OH is 1. The number of carbonyl (C=O) groups excluding carboxylic acids is 1. The van der Waals surface area contributed by atoms with Crippen LogP contribution in [0.3, 0.4) is 0 Å². The highest BCUT2D eigenvalue weighted by atomic mass is 32.2. The molecule has 0 aliphatic carbocycles. The summed E-state index contributed by atoms with van der Waals surface area (Å²) in [6, 6.07) is 15.0. The van der Waals surface area contributed by atoms with Gasteiger partial charge in [-0.3, -0.25) is 9.44 Å². The largest absolute Gasteiger partial charge is 0.511 e. The number of hydrogen-bond acceptors (Lipinski definition) is 9. The normalized spacial score (nSPS) is 17.2. The average molecular weight is 841 g/mol. The summed E-state index contributed by atoms with van der Waals surface area (Å²) >= 11 is 0. The molecule has 57 heavy (non-hydrogen) atoms. The average Bonchev–Trinajstić information content (AvgIpc) is 3.15. The third kappa shape index (κ3) is 10.0. The van der Waals surface area contributed by atoms with E-state index in [0.717, 1.165) is 18.6 Å². The fraction of sp³-hybridized carbons (Fsp3) is 0.342. The number of carbonyl (C=O) groups is 1. The van der Waals surface area contributed by atoms with Crippen LogP contribution in [0.4, 0.5) is 37.7 Å². The first-order chi connectivity index (χ1) is 26.7. The number of anilines is 2. The highest BCUT2D eigenvalue weighted by molar-refractivity contribution is 7.93. The number of halogens is 6. The molecule has 3 N–H and O–H groups in total. The van der Waals surface area contributed by atoms with E-state index in [9.17, 15) is 53.1 Å². The van der Waals surface area contributed by atoms with Crippen LogP contribution in [-0.4, -0.2) is 44.5 Å². The van der Waals surface area contributed by atoms with Crippen LogP contribution in [0.5, 0.6) is 0 Å². The molecular weight excluding hydrogens is 803 g/mol. The Bertz CT molecular complexity index is 2340. The predicted octanol–water partition coefficient (Wildman–Crippen LogP) is 8.79. The van der Waals surface area contributed by atoms with E-state index in [-0.39, 0.29) is 48.6 Å². The summed E-state index contributed by atoms with van der Waals surface area (Å²) in [4.78, 5) is 20.3. The zero-order valence-corrected chi connectivity index (χ0v) is 32.1. The maximum atomic E-state index is 13.4. The molecule has 0 amide bonds. The zero-order chi connectivity index (χ0) is 41.8. The summed E-state index contributed by atoms with van der Waals surface area (Å²) in [5.41, 5.74) is -2.09. The van der Waals surface area contributed by atoms with Gasteiger partial charge in [0, 0.05) is 29.7 Å². The Balaban J connectivity index is 1.39. The second kappa shape index (κ2) is 16.7. The number of esters is 1. The SMILES string of the molecule is CCCCC1(CCc2cccc(NS(=O)(=O)c3ccc(C(F)(F)F)cn3)c2)COC(=O)C(C(CC)c2cccc(NS(=O)(=O)c3ccc(C(F)(F)F)cn3)c2)=C1O. The highest BCUT2D eigenvalue weighted by Gasteiger charge is 2.45. The van der Waals surface area contributed by atoms with Gasteiger partial charge >= 0.3 is 18.3 Å². The maximum absolute atomic E-state index is 13.4. The number of nitrogens with one attached hydrogen (secondary N) is 2. The molecule has 2 aromatic carbocycles. The Kier molecular flexibility index (Phi) is 12.6. The maximum Gasteiger partial charge on any atom is 0.417 e. The minimum Gasteiger partial charge on any atom is -0.511 e. The molecule has 1 aliphatic rings. The second-order valence-electron chi connectivity index (χ2n) is 13.5. The van der Waals surface area contributed by atoms with E-state index in [1.165, 1.54) is 30.3 Å². The standard InChI is InChI=1S/C38H38F6N4O7S2/c1-3-5-17-36(18-16-24-8-6-10-28(19-24)47-56(51,52)31-14-12-26(21-45-31)37(39,40)41)23-55-35(50)33(34(36)49)30(4-2)25-9-7-11-29(20-25)48-57(53,54)32-15-13-27(22-46-32)38(42,43)44/h6-15,19-22,30,47-49H,3-5,16-18,23H2,1-2H3. The Hall–Kier alpha value is -5.17. The summed E-state index contributed by atoms with van der Waals surface area (Å²) in [5.74, 6) is -1.73. The molecule has 0 bridgehead atoms. The topological polar surface area (TPSA) is 165 Å². The minimum absolute atomic E-state index is 0.0187. The van der Waals surface area contributed by atoms with E-state index in [4.69, 9.17) is 4.74 Å². The third-order valence-corrected chi connectivity index (χ3v) is 12.1. The molecule has 4 aromatic rings. The molecule has 306 valence electrons. The number of ether oxygens (including phenoxy) is 1. The van der Waals surface area contributed by atoms with Gasteiger partial charge in [-0.1, -0.05) is 51.0 Å². The molecule has 0 radical (unpaired) electrons. The minimum atomic E-state index is -4.71. The van der Waals surface area contributed by atoms with Crippen LogP contribution in [-0.2, 0) is 48.4 Å². The number of pyridine rings is 2. The quantitative estimate of drug-likeness (QED) is 0.0784. The highest BCUT2D eigenvalue weighted by Crippen LogP contribution is 2.46. The molecule has 0 saturated carbocycles. The van der Waals surface area contributed by atoms with Gasteiger partial charge in [0.25, 0.3) is 20.0 Å². The van der Waals surface area contributed by atoms with Crippen LogP contribution in [0.2, 0.25) is 0 Å². The van der Waals surface area contributed by atoms with Crippen LogP contribution >= 0.6 is 0 Å². The number of unbranched alkanes of at least 4 members (excludes halogenated alkanes) is 1. The number of sulfonamides is 2. The van der Waals surface area contributed by atoms with Crippen LogP contribution in [0.25, 0.3) is 0 Å². The first kappa shape index (κ1) is 43.0. The molecular formula is C38H38F6N4O7S2. The fourth-order valence-corrected chi connectivity index (χ4v) is 8.45. The fourth-order valence-electron chi connectivity index (χ4n) is 6.49. The van der Waals surface area contributed by atoms with E-state index >= 15 is 0 Å². The lowest BCUT2D eigenvalue weighted by atomic mass is 9.71. The Morgan fingerprint density at radius 3 is 1.82 bits per heavy atom. The number of cyclic esters (lactones) is 1. The van der Waals surface area contributed by atoms with Crippen molar-refractivity contribution in [2.45, 2.75) is 80.7 Å². The van der Waals surface area contributed by atoms with Gasteiger partial charge in [0.05, 0.1) is 22.1 Å². The van der Waals surface area contributed by atoms with Crippen molar-refractivity contribution in [1.82, 2.24) is 9.97 Å². The number of aromatic nitrogens is 2. The second-order valence-corrected chi connectivity index (χ2v) is 16.7. The van der Waals surface area contributed by atoms with E-state index in [2.05, 4.69) is 19.4 Å². The van der Waals surface area contributed by atoms with Gasteiger partial charge in [0.2, 0.25) is 0 Å². The Morgan fingerprint density at radius 1 is 0.789 bits per heavy atom. The van der Waals surface area contributed by atoms with Crippen LogP contribution < -0.4 is 9.44 Å². The van der Waals surface area contributed by atoms with Crippen molar-refractivity contribution in [3.8, 4) is 0 Å². The van der Waals surface area contributed by atoms with Crippen LogP contribution in [0, 0.1) is 5.41 Å². The van der Waals surface area contributed by atoms with Crippen molar-refractivity contribution in [2.75, 3.05) is 16.1 Å². The molecule has 2 unspecified atom stereocenters. The monoisotopic (exact) mass is 840 g/mol. The molecule has 3 heterocycles. The zero-order valence-electron chi connectivity index (χ0n) is 30.5. The third-order valence-electron chi connectivity index (χ3n) is 9.51. The van der Waals surface area contributed by atoms with Crippen LogP contribution in [0.1, 0.15) is 74.1 Å². The van der Waals surface area contributed by atoms with Crippen molar-refractivity contribution in [1.29, 1.82) is 0 Å². The molecule has 5 rings (SSSR count). The number of aryl methyl sites for hydroxylation is 1. The lowest BCUT2D eigenvalue weighted by Gasteiger charge is -2.39. The summed E-state index contributed by atoms with van der Waals surface area (Å²) in [6.45, 7) is 3.56. The van der Waals surface area contributed by atoms with Crippen molar-refractivity contribution in [3.05, 3.63) is 119 Å². The van der Waals surface area contributed by atoms with Crippen molar-refractivity contribution >= 4 is 37.4 Å². The predicted molar refractivity (Wildman–Crippen MR) is 197 cm³/mol. The van der Waals surface area contributed by atoms with Gasteiger partial charge in [0.15, 0.2) is 10.1 Å². The van der Waals surface area contributed by atoms with Crippen LogP contribution in [0.15, 0.2) is 107 Å². The Labute approximate surface area is 325 Å². The summed E-state index contributed by atoms with van der Waals surface area (Å²) in [5, 5.41) is 10.8. The van der Waals surface area contributed by atoms with Crippen molar-refractivity contribution in [2.24, 2.45) is 5.41 Å². The smallest absolute Gasteiger partial charge is 0.417 e. The molecule has 0 saturated heterocycles. The van der Waals surface area contributed by atoms with Gasteiger partial charge in [-0.05, 0) is 85.3 Å². The molecule has 0 fully saturated rings. The lowest BCUT2D eigenvalue weighted by molar-refractivity contribution is -0.147. The summed E-state index contributed by atoms with van der Waals surface area (Å²) in [6.07, 6.45) is -5.98. The number of hydrogen-bond donors (Lipinski definition) is 3. The lowest BCUT2D eigenvalue weighted by Crippen LogP contribution is -2.39. The van der Waals surface area contributed by atoms with E-state index in [1.54, 1.807) is 25.1 Å². The van der Waals surface area contributed by atoms with Gasteiger partial charge in [0.1, 0.15) is 12.4 Å². The first-order valence-corrected chi connectivity index (χ1v) is 20.6. The van der Waals surface area contributed by atoms with Crippen molar-refractivity contribution < 1.29 is 57.8 Å². The van der Waals surface area contributed by atoms with Gasteiger partial charge in [-0.2, -0.15) is 43.2 Å². The summed E-state index contributed by atoms with van der Waals surface area (Å²) in [7, 11) is -8.79. The first-order valence-electron chi connectivity index (χ1n) is 17.6. The van der Waals surface area contributed by atoms with E-state index in [1.807, 2.05) is 6.92 Å². The molecule has 0 spiro atoms. The number of rotatable bonds is 15. The molecule has 2 aromatic heterocycles. The van der Waals surface area contributed by atoms with Gasteiger partial charge in [-0.15, -0.1) is 0 Å². The van der Waals surface area contributed by atoms with Crippen molar-refractivity contribution in [3.63, 3.8) is 0 Å². The van der Waals surface area contributed by atoms with E-state index in [0.29, 0.717) is 48.5 Å². The number of aliphatic hydroxyl groups is 1. The molecule has 11 nitrogen and oxygen atoms in total. The van der Waals surface area contributed by atoms with Gasteiger partial charge < -0.3 is 9.84 Å². The summed E-state index contributed by atoms with van der Waals surface area (Å²) < 4.78 is 140. The Morgan fingerprint density at radius 2 is 1.33 bits per heavy atom. The molecule has 2 atom stereocenters. The number of benzene rings is 2. The molecule has 1 aliphatic heterocycles.